The average Bonchev–Trinajstić information content (AvgIpc) is 2.67. The lowest BCUT2D eigenvalue weighted by Crippen LogP contribution is -2.17. The minimum absolute atomic E-state index is 0.0624. The summed E-state index contributed by atoms with van der Waals surface area (Å²) in [6.07, 6.45) is 0.960. The van der Waals surface area contributed by atoms with E-state index < -0.39 is 0 Å². The Labute approximate surface area is 95.3 Å². The molecule has 86 valence electrons. The number of para-hydroxylation sites is 1. The zero-order chi connectivity index (χ0) is 11.5. The van der Waals surface area contributed by atoms with Gasteiger partial charge in [-0.2, -0.15) is 5.48 Å². The zero-order valence-electron chi connectivity index (χ0n) is 9.91. The number of aryl methyl sites for hydroxylation is 1. The third-order valence-corrected chi connectivity index (χ3v) is 2.77. The van der Waals surface area contributed by atoms with E-state index in [4.69, 9.17) is 9.25 Å². The lowest BCUT2D eigenvalue weighted by molar-refractivity contribution is 0.0597. The van der Waals surface area contributed by atoms with Gasteiger partial charge < -0.3 is 9.25 Å². The summed E-state index contributed by atoms with van der Waals surface area (Å²) in [4.78, 5) is 4.94. The first-order chi connectivity index (χ1) is 7.77. The highest BCUT2D eigenvalue weighted by atomic mass is 16.6. The summed E-state index contributed by atoms with van der Waals surface area (Å²) in [5.74, 6) is 0.963. The smallest absolute Gasteiger partial charge is 0.134 e. The van der Waals surface area contributed by atoms with Crippen LogP contribution in [0.2, 0.25) is 0 Å². The van der Waals surface area contributed by atoms with Gasteiger partial charge in [-0.1, -0.05) is 25.1 Å². The molecular formula is C13H17NO2. The van der Waals surface area contributed by atoms with E-state index in [0.717, 1.165) is 17.8 Å². The van der Waals surface area contributed by atoms with Gasteiger partial charge in [0.2, 0.25) is 0 Å². The van der Waals surface area contributed by atoms with Gasteiger partial charge in [0.15, 0.2) is 0 Å². The molecule has 1 unspecified atom stereocenters. The van der Waals surface area contributed by atoms with E-state index in [-0.39, 0.29) is 6.04 Å². The van der Waals surface area contributed by atoms with Crippen molar-refractivity contribution in [2.24, 2.45) is 0 Å². The highest BCUT2D eigenvalue weighted by molar-refractivity contribution is 5.82. The maximum Gasteiger partial charge on any atom is 0.134 e. The molecule has 0 aliphatic heterocycles. The Morgan fingerprint density at radius 2 is 2.12 bits per heavy atom. The summed E-state index contributed by atoms with van der Waals surface area (Å²) < 4.78 is 5.86. The Morgan fingerprint density at radius 1 is 1.38 bits per heavy atom. The molecule has 1 aromatic heterocycles. The summed E-state index contributed by atoms with van der Waals surface area (Å²) in [5, 5.41) is 1.20. The summed E-state index contributed by atoms with van der Waals surface area (Å²) in [6, 6.07) is 8.18. The van der Waals surface area contributed by atoms with Crippen molar-refractivity contribution in [3.63, 3.8) is 0 Å². The topological polar surface area (TPSA) is 34.4 Å². The first kappa shape index (κ1) is 11.2. The van der Waals surface area contributed by atoms with Crippen LogP contribution < -0.4 is 5.48 Å². The Morgan fingerprint density at radius 3 is 2.81 bits per heavy atom. The monoisotopic (exact) mass is 219 g/mol. The van der Waals surface area contributed by atoms with Gasteiger partial charge in [-0.05, 0) is 19.4 Å². The molecule has 1 aromatic carbocycles. The van der Waals surface area contributed by atoms with Gasteiger partial charge in [0.1, 0.15) is 11.3 Å². The van der Waals surface area contributed by atoms with Crippen molar-refractivity contribution in [2.75, 3.05) is 7.11 Å². The predicted octanol–water partition coefficient (Wildman–Crippen LogP) is 3.21. The van der Waals surface area contributed by atoms with Gasteiger partial charge in [-0.15, -0.1) is 0 Å². The van der Waals surface area contributed by atoms with Crippen molar-refractivity contribution in [3.8, 4) is 0 Å². The molecule has 0 aliphatic rings. The summed E-state index contributed by atoms with van der Waals surface area (Å²) in [5.41, 5.74) is 5.10. The second-order valence-electron chi connectivity index (χ2n) is 3.84. The fourth-order valence-corrected chi connectivity index (χ4v) is 2.06. The van der Waals surface area contributed by atoms with E-state index in [0.29, 0.717) is 0 Å². The van der Waals surface area contributed by atoms with Gasteiger partial charge in [0, 0.05) is 10.9 Å². The molecule has 0 saturated heterocycles. The molecule has 0 saturated carbocycles. The molecule has 3 nitrogen and oxygen atoms in total. The molecule has 2 rings (SSSR count). The molecule has 3 heteroatoms. The van der Waals surface area contributed by atoms with Crippen LogP contribution in [-0.2, 0) is 11.3 Å². The molecule has 0 bridgehead atoms. The van der Waals surface area contributed by atoms with Gasteiger partial charge in [0.05, 0.1) is 13.2 Å². The fraction of sp³-hybridized carbons (Fsp3) is 0.385. The maximum atomic E-state index is 5.86. The van der Waals surface area contributed by atoms with E-state index in [9.17, 15) is 0 Å². The van der Waals surface area contributed by atoms with Crippen molar-refractivity contribution in [1.29, 1.82) is 0 Å². The average molecular weight is 219 g/mol. The number of nitrogens with one attached hydrogen (secondary N) is 1. The largest absolute Gasteiger partial charge is 0.459 e. The minimum atomic E-state index is 0.0624. The van der Waals surface area contributed by atoms with Crippen LogP contribution >= 0.6 is 0 Å². The number of furan rings is 1. The van der Waals surface area contributed by atoms with Gasteiger partial charge in [-0.3, -0.25) is 0 Å². The standard InChI is InChI=1S/C13H17NO2/c1-4-10-11-7-5-6-8-12(11)16-13(10)9(2)14-15-3/h5-9,14H,4H2,1-3H3. The normalized spacial score (nSPS) is 13.2. The van der Waals surface area contributed by atoms with Crippen molar-refractivity contribution >= 4 is 11.0 Å². The Bertz CT molecular complexity index is 476. The van der Waals surface area contributed by atoms with Crippen LogP contribution in [0.1, 0.15) is 31.2 Å². The molecule has 0 fully saturated rings. The Balaban J connectivity index is 2.51. The number of rotatable bonds is 4. The fourth-order valence-electron chi connectivity index (χ4n) is 2.06. The van der Waals surface area contributed by atoms with Crippen LogP contribution in [0.5, 0.6) is 0 Å². The lowest BCUT2D eigenvalue weighted by atomic mass is 10.1. The quantitative estimate of drug-likeness (QED) is 0.802. The summed E-state index contributed by atoms with van der Waals surface area (Å²) in [6.45, 7) is 4.17. The Hall–Kier alpha value is -1.32. The first-order valence-corrected chi connectivity index (χ1v) is 5.56. The van der Waals surface area contributed by atoms with Crippen LogP contribution in [0, 0.1) is 0 Å². The third kappa shape index (κ3) is 1.84. The number of hydrogen-bond acceptors (Lipinski definition) is 3. The molecule has 0 radical (unpaired) electrons. The second kappa shape index (κ2) is 4.68. The zero-order valence-corrected chi connectivity index (χ0v) is 9.91. The third-order valence-electron chi connectivity index (χ3n) is 2.77. The van der Waals surface area contributed by atoms with E-state index >= 15 is 0 Å². The minimum Gasteiger partial charge on any atom is -0.459 e. The van der Waals surface area contributed by atoms with E-state index in [1.807, 2.05) is 25.1 Å². The van der Waals surface area contributed by atoms with Gasteiger partial charge in [-0.25, -0.2) is 0 Å². The summed E-state index contributed by atoms with van der Waals surface area (Å²) in [7, 11) is 1.62. The van der Waals surface area contributed by atoms with Crippen LogP contribution in [0.15, 0.2) is 28.7 Å². The molecule has 1 atom stereocenters. The van der Waals surface area contributed by atoms with Gasteiger partial charge in [0.25, 0.3) is 0 Å². The number of hydroxylamine groups is 1. The number of benzene rings is 1. The lowest BCUT2D eigenvalue weighted by Gasteiger charge is -2.10. The molecule has 1 N–H and O–H groups in total. The van der Waals surface area contributed by atoms with Crippen LogP contribution in [0.25, 0.3) is 11.0 Å². The van der Waals surface area contributed by atoms with Crippen molar-refractivity contribution < 1.29 is 9.25 Å². The van der Waals surface area contributed by atoms with Crippen molar-refractivity contribution in [3.05, 3.63) is 35.6 Å². The van der Waals surface area contributed by atoms with E-state index in [1.54, 1.807) is 7.11 Å². The van der Waals surface area contributed by atoms with Gasteiger partial charge >= 0.3 is 0 Å². The summed E-state index contributed by atoms with van der Waals surface area (Å²) >= 11 is 0. The molecule has 1 heterocycles. The molecule has 0 amide bonds. The predicted molar refractivity (Wildman–Crippen MR) is 64.2 cm³/mol. The highest BCUT2D eigenvalue weighted by Crippen LogP contribution is 2.30. The molecular weight excluding hydrogens is 202 g/mol. The molecule has 0 aliphatic carbocycles. The van der Waals surface area contributed by atoms with E-state index in [1.165, 1.54) is 10.9 Å². The molecule has 16 heavy (non-hydrogen) atoms. The number of hydrogen-bond donors (Lipinski definition) is 1. The SMILES string of the molecule is CCc1c(C(C)NOC)oc2ccccc12. The maximum absolute atomic E-state index is 5.86. The molecule has 0 spiro atoms. The molecule has 2 aromatic rings. The van der Waals surface area contributed by atoms with E-state index in [2.05, 4.69) is 18.5 Å². The van der Waals surface area contributed by atoms with Crippen LogP contribution in [-0.4, -0.2) is 7.11 Å². The number of fused-ring (bicyclic) bond motifs is 1. The van der Waals surface area contributed by atoms with Crippen LogP contribution in [0.3, 0.4) is 0 Å². The van der Waals surface area contributed by atoms with Crippen LogP contribution in [0.4, 0.5) is 0 Å². The second-order valence-corrected chi connectivity index (χ2v) is 3.84. The van der Waals surface area contributed by atoms with Crippen molar-refractivity contribution in [2.45, 2.75) is 26.3 Å². The Kier molecular flexibility index (Phi) is 3.27. The van der Waals surface area contributed by atoms with Crippen molar-refractivity contribution in [1.82, 2.24) is 5.48 Å². The highest BCUT2D eigenvalue weighted by Gasteiger charge is 2.17. The first-order valence-electron chi connectivity index (χ1n) is 5.56.